The average Bonchev–Trinajstić information content (AvgIpc) is 2.47. The van der Waals surface area contributed by atoms with E-state index in [4.69, 9.17) is 20.7 Å². The summed E-state index contributed by atoms with van der Waals surface area (Å²) in [7, 11) is 0. The van der Waals surface area contributed by atoms with Gasteiger partial charge >= 0.3 is 0 Å². The summed E-state index contributed by atoms with van der Waals surface area (Å²) in [5.41, 5.74) is 7.23. The van der Waals surface area contributed by atoms with E-state index in [1.807, 2.05) is 24.3 Å². The highest BCUT2D eigenvalue weighted by Crippen LogP contribution is 2.45. The molecule has 1 aromatic rings. The summed E-state index contributed by atoms with van der Waals surface area (Å²) < 4.78 is 5.87. The molecule has 3 rings (SSSR count). The molecule has 1 fully saturated rings. The van der Waals surface area contributed by atoms with E-state index in [9.17, 15) is 0 Å². The molecule has 0 bridgehead atoms. The normalized spacial score (nSPS) is 32.9. The molecule has 104 valence electrons. The number of benzene rings is 1. The molecular weight excluding hydrogens is 270 g/mol. The first-order valence-corrected chi connectivity index (χ1v) is 7.73. The maximum Gasteiger partial charge on any atom is 0.154 e. The van der Waals surface area contributed by atoms with Crippen molar-refractivity contribution in [1.29, 1.82) is 5.26 Å². The summed E-state index contributed by atoms with van der Waals surface area (Å²) in [5.74, 6) is 1.36. The minimum Gasteiger partial charge on any atom is -0.379 e. The second-order valence-electron chi connectivity index (χ2n) is 5.43. The molecule has 4 nitrogen and oxygen atoms in total. The molecule has 1 saturated heterocycles. The minimum absolute atomic E-state index is 0.252. The van der Waals surface area contributed by atoms with Crippen LogP contribution in [0.5, 0.6) is 0 Å². The predicted octanol–water partition coefficient (Wildman–Crippen LogP) is 2.24. The molecule has 2 N–H and O–H groups in total. The number of fused-ring (bicyclic) bond motifs is 1. The molecule has 0 radical (unpaired) electrons. The molecular formula is C15H17N3OS. The first kappa shape index (κ1) is 13.5. The highest BCUT2D eigenvalue weighted by Gasteiger charge is 2.47. The average molecular weight is 287 g/mol. The Morgan fingerprint density at radius 1 is 1.55 bits per heavy atom. The summed E-state index contributed by atoms with van der Waals surface area (Å²) in [4.78, 5) is 4.74. The fraction of sp³-hybridized carbons (Fsp3) is 0.467. The number of amidine groups is 1. The molecule has 1 aromatic carbocycles. The number of thioether (sulfide) groups is 1. The van der Waals surface area contributed by atoms with E-state index in [1.54, 1.807) is 11.8 Å². The van der Waals surface area contributed by atoms with Gasteiger partial charge in [-0.3, -0.25) is 0 Å². The van der Waals surface area contributed by atoms with Gasteiger partial charge in [-0.1, -0.05) is 23.9 Å². The number of nitriles is 1. The second kappa shape index (κ2) is 5.12. The van der Waals surface area contributed by atoms with Crippen molar-refractivity contribution in [3.8, 4) is 6.07 Å². The topological polar surface area (TPSA) is 71.4 Å². The fourth-order valence-corrected chi connectivity index (χ4v) is 4.05. The van der Waals surface area contributed by atoms with Gasteiger partial charge in [0.15, 0.2) is 5.17 Å². The Labute approximate surface area is 123 Å². The zero-order valence-corrected chi connectivity index (χ0v) is 12.2. The quantitative estimate of drug-likeness (QED) is 0.860. The fourth-order valence-electron chi connectivity index (χ4n) is 3.04. The van der Waals surface area contributed by atoms with Gasteiger partial charge in [0.05, 0.1) is 24.3 Å². The van der Waals surface area contributed by atoms with Gasteiger partial charge < -0.3 is 10.5 Å². The van der Waals surface area contributed by atoms with Crippen LogP contribution in [0.1, 0.15) is 24.5 Å². The van der Waals surface area contributed by atoms with Crippen LogP contribution in [0.15, 0.2) is 29.3 Å². The Kier molecular flexibility index (Phi) is 3.45. The van der Waals surface area contributed by atoms with Crippen molar-refractivity contribution in [2.45, 2.75) is 25.0 Å². The van der Waals surface area contributed by atoms with E-state index >= 15 is 0 Å². The van der Waals surface area contributed by atoms with Crippen molar-refractivity contribution in [3.63, 3.8) is 0 Å². The van der Waals surface area contributed by atoms with Gasteiger partial charge in [-0.2, -0.15) is 5.26 Å². The lowest BCUT2D eigenvalue weighted by Crippen LogP contribution is -2.49. The van der Waals surface area contributed by atoms with Crippen LogP contribution in [0.25, 0.3) is 0 Å². The van der Waals surface area contributed by atoms with Crippen LogP contribution in [-0.2, 0) is 10.3 Å². The first-order valence-electron chi connectivity index (χ1n) is 6.74. The van der Waals surface area contributed by atoms with Crippen molar-refractivity contribution in [2.24, 2.45) is 16.6 Å². The standard InChI is InChI=1S/C15H17N3OS/c1-10-5-13-8-20-14(17)18-15(13,9-19-10)12-4-2-3-11(6-12)7-16/h2-4,6,10,13H,5,8-9H2,1H3,(H2,17,18)/t10-,13-,15+/m0/s1. The van der Waals surface area contributed by atoms with Gasteiger partial charge in [-0.15, -0.1) is 0 Å². The van der Waals surface area contributed by atoms with Gasteiger partial charge in [0.2, 0.25) is 0 Å². The van der Waals surface area contributed by atoms with Crippen molar-refractivity contribution >= 4 is 16.9 Å². The van der Waals surface area contributed by atoms with Crippen LogP contribution in [-0.4, -0.2) is 23.6 Å². The highest BCUT2D eigenvalue weighted by atomic mass is 32.2. The Balaban J connectivity index is 2.09. The molecule has 5 heteroatoms. The third kappa shape index (κ3) is 2.19. The molecule has 0 saturated carbocycles. The maximum atomic E-state index is 9.10. The summed E-state index contributed by atoms with van der Waals surface area (Å²) in [6, 6.07) is 9.86. The van der Waals surface area contributed by atoms with Crippen LogP contribution in [0.2, 0.25) is 0 Å². The Morgan fingerprint density at radius 2 is 2.40 bits per heavy atom. The van der Waals surface area contributed by atoms with Crippen LogP contribution >= 0.6 is 11.8 Å². The Morgan fingerprint density at radius 3 is 3.20 bits per heavy atom. The molecule has 0 amide bonds. The molecule has 2 aliphatic rings. The number of hydrogen-bond donors (Lipinski definition) is 1. The minimum atomic E-state index is -0.422. The number of rotatable bonds is 1. The lowest BCUT2D eigenvalue weighted by atomic mass is 9.75. The van der Waals surface area contributed by atoms with E-state index < -0.39 is 5.54 Å². The summed E-state index contributed by atoms with van der Waals surface area (Å²) in [6.45, 7) is 2.64. The third-order valence-corrected chi connectivity index (χ3v) is 5.07. The number of aliphatic imine (C=N–C) groups is 1. The van der Waals surface area contributed by atoms with Crippen molar-refractivity contribution in [1.82, 2.24) is 0 Å². The molecule has 0 aromatic heterocycles. The molecule has 3 atom stereocenters. The number of hydrogen-bond acceptors (Lipinski definition) is 5. The third-order valence-electron chi connectivity index (χ3n) is 4.11. The lowest BCUT2D eigenvalue weighted by Gasteiger charge is -2.45. The van der Waals surface area contributed by atoms with E-state index in [2.05, 4.69) is 13.0 Å². The Bertz CT molecular complexity index is 595. The monoisotopic (exact) mass is 287 g/mol. The number of ether oxygens (including phenoxy) is 1. The smallest absolute Gasteiger partial charge is 0.154 e. The van der Waals surface area contributed by atoms with Gasteiger partial charge in [0, 0.05) is 11.7 Å². The number of nitrogens with two attached hydrogens (primary N) is 1. The summed E-state index contributed by atoms with van der Waals surface area (Å²) in [6.07, 6.45) is 1.23. The van der Waals surface area contributed by atoms with Gasteiger partial charge in [-0.25, -0.2) is 4.99 Å². The molecule has 20 heavy (non-hydrogen) atoms. The second-order valence-corrected chi connectivity index (χ2v) is 6.47. The highest BCUT2D eigenvalue weighted by molar-refractivity contribution is 8.13. The van der Waals surface area contributed by atoms with E-state index in [-0.39, 0.29) is 6.10 Å². The van der Waals surface area contributed by atoms with E-state index in [0.717, 1.165) is 17.7 Å². The van der Waals surface area contributed by atoms with E-state index in [1.165, 1.54) is 0 Å². The van der Waals surface area contributed by atoms with Crippen LogP contribution in [0.4, 0.5) is 0 Å². The SMILES string of the molecule is C[C@H]1C[C@H]2CSC(N)=N[C@@]2(c2cccc(C#N)c2)CO1. The molecule has 2 aliphatic heterocycles. The molecule has 0 unspecified atom stereocenters. The zero-order valence-electron chi connectivity index (χ0n) is 11.4. The number of nitrogens with zero attached hydrogens (tertiary/aromatic N) is 2. The van der Waals surface area contributed by atoms with Crippen LogP contribution in [0.3, 0.4) is 0 Å². The van der Waals surface area contributed by atoms with Crippen molar-refractivity contribution in [3.05, 3.63) is 35.4 Å². The van der Waals surface area contributed by atoms with Gasteiger partial charge in [-0.05, 0) is 31.0 Å². The molecule has 2 heterocycles. The predicted molar refractivity (Wildman–Crippen MR) is 80.4 cm³/mol. The van der Waals surface area contributed by atoms with Crippen LogP contribution in [0, 0.1) is 17.2 Å². The van der Waals surface area contributed by atoms with Crippen molar-refractivity contribution < 1.29 is 4.74 Å². The van der Waals surface area contributed by atoms with Gasteiger partial charge in [0.25, 0.3) is 0 Å². The summed E-state index contributed by atoms with van der Waals surface area (Å²) in [5, 5.41) is 9.72. The van der Waals surface area contributed by atoms with Crippen molar-refractivity contribution in [2.75, 3.05) is 12.4 Å². The maximum absolute atomic E-state index is 9.10. The molecule has 0 spiro atoms. The zero-order chi connectivity index (χ0) is 14.2. The molecule has 0 aliphatic carbocycles. The van der Waals surface area contributed by atoms with Crippen LogP contribution < -0.4 is 5.73 Å². The summed E-state index contributed by atoms with van der Waals surface area (Å²) >= 11 is 1.62. The lowest BCUT2D eigenvalue weighted by molar-refractivity contribution is -0.0466. The van der Waals surface area contributed by atoms with E-state index in [0.29, 0.717) is 23.3 Å². The largest absolute Gasteiger partial charge is 0.379 e. The first-order chi connectivity index (χ1) is 9.64. The Hall–Kier alpha value is -1.51. The van der Waals surface area contributed by atoms with Gasteiger partial charge in [0.1, 0.15) is 5.54 Å².